The van der Waals surface area contributed by atoms with E-state index in [1.807, 2.05) is 5.82 Å². The number of aliphatic hydroxyl groups excluding tert-OH is 1. The van der Waals surface area contributed by atoms with Gasteiger partial charge in [0.2, 0.25) is 0 Å². The van der Waals surface area contributed by atoms with E-state index in [4.69, 9.17) is 5.11 Å². The van der Waals surface area contributed by atoms with Crippen LogP contribution in [0.3, 0.4) is 0 Å². The summed E-state index contributed by atoms with van der Waals surface area (Å²) in [7, 11) is 0. The van der Waals surface area contributed by atoms with Crippen LogP contribution in [0, 0.1) is 0 Å². The van der Waals surface area contributed by atoms with Gasteiger partial charge < -0.3 is 0 Å². The monoisotopic (exact) mass is 196 g/mol. The molecule has 0 saturated heterocycles. The second kappa shape index (κ2) is 6.27. The number of rotatable bonds is 5. The molecule has 0 radical (unpaired) electrons. The van der Waals surface area contributed by atoms with Crippen LogP contribution in [0.5, 0.6) is 0 Å². The third kappa shape index (κ3) is 6.03. The van der Waals surface area contributed by atoms with E-state index < -0.39 is 0 Å². The summed E-state index contributed by atoms with van der Waals surface area (Å²) in [6, 6.07) is 0. The van der Waals surface area contributed by atoms with Gasteiger partial charge in [-0.25, -0.2) is 0 Å². The van der Waals surface area contributed by atoms with Gasteiger partial charge >= 0.3 is 61.2 Å². The Kier molecular flexibility index (Phi) is 6.38. The molecule has 0 fully saturated rings. The average Bonchev–Trinajstić information content (AvgIpc) is 1.89. The Labute approximate surface area is 61.8 Å². The fourth-order valence-electron chi connectivity index (χ4n) is 0.483. The molecule has 0 heterocycles. The first-order valence-corrected chi connectivity index (χ1v) is 5.56. The Balaban J connectivity index is 2.97. The van der Waals surface area contributed by atoms with E-state index in [0.717, 1.165) is 12.8 Å². The Hall–Kier alpha value is 0.149. The summed E-state index contributed by atoms with van der Waals surface area (Å²) in [4.78, 5) is 10.6. The molecule has 0 aliphatic rings. The number of carbonyl (C=O) groups is 1. The van der Waals surface area contributed by atoms with Crippen LogP contribution in [0.2, 0.25) is 5.82 Å². The summed E-state index contributed by atoms with van der Waals surface area (Å²) in [5, 5.41) is 8.35. The first-order chi connectivity index (χ1) is 4.31. The summed E-state index contributed by atoms with van der Waals surface area (Å²) in [5.41, 5.74) is 0. The predicted octanol–water partition coefficient (Wildman–Crippen LogP) is 0.428. The zero-order valence-corrected chi connectivity index (χ0v) is 7.31. The summed E-state index contributed by atoms with van der Waals surface area (Å²) in [6.07, 6.45) is 2.28. The van der Waals surface area contributed by atoms with Crippen molar-refractivity contribution < 1.29 is 9.90 Å². The van der Waals surface area contributed by atoms with Crippen LogP contribution in [0.25, 0.3) is 0 Å². The third-order valence-corrected chi connectivity index (χ3v) is 2.40. The number of hydrogen-bond acceptors (Lipinski definition) is 2. The molecule has 0 bridgehead atoms. The maximum absolute atomic E-state index is 10.6. The van der Waals surface area contributed by atoms with Crippen molar-refractivity contribution >= 4 is 19.6 Å². The van der Waals surface area contributed by atoms with Crippen molar-refractivity contribution in [2.75, 3.05) is 6.61 Å². The van der Waals surface area contributed by atoms with Gasteiger partial charge in [0.1, 0.15) is 0 Å². The first-order valence-electron chi connectivity index (χ1n) is 2.99. The van der Waals surface area contributed by atoms with Crippen molar-refractivity contribution in [3.8, 4) is 0 Å². The van der Waals surface area contributed by atoms with Crippen molar-refractivity contribution in [2.45, 2.75) is 25.1 Å². The van der Waals surface area contributed by atoms with Gasteiger partial charge in [-0.1, -0.05) is 0 Å². The maximum atomic E-state index is 10.6. The summed E-state index contributed by atoms with van der Waals surface area (Å²) in [5.74, 6) is 1.92. The normalized spacial score (nSPS) is 9.56. The van der Waals surface area contributed by atoms with Gasteiger partial charge in [-0.2, -0.15) is 0 Å². The zero-order chi connectivity index (χ0) is 7.11. The van der Waals surface area contributed by atoms with Gasteiger partial charge in [-0.05, 0) is 0 Å². The molecule has 0 amide bonds. The van der Waals surface area contributed by atoms with Gasteiger partial charge in [0, 0.05) is 0 Å². The van der Waals surface area contributed by atoms with E-state index in [9.17, 15) is 4.79 Å². The molecule has 1 N–H and O–H groups in total. The molecule has 0 aliphatic carbocycles. The minimum absolute atomic E-state index is 0.162. The van der Waals surface area contributed by atoms with E-state index in [1.54, 1.807) is 0 Å². The Morgan fingerprint density at radius 2 is 2.22 bits per heavy atom. The second-order valence-corrected chi connectivity index (χ2v) is 3.57. The molecule has 3 heteroatoms. The third-order valence-electron chi connectivity index (χ3n) is 1.02. The van der Waals surface area contributed by atoms with E-state index in [2.05, 4.69) is 0 Å². The summed E-state index contributed by atoms with van der Waals surface area (Å²) < 4.78 is 0.357. The van der Waals surface area contributed by atoms with Crippen LogP contribution in [-0.2, 0) is 4.79 Å². The minimum atomic E-state index is 0.162. The standard InChI is InChI=1S/C6H12O2Se/c1-9-6(8)4-2-3-5-7/h7H,2-5H2,1H3. The van der Waals surface area contributed by atoms with Crippen LogP contribution < -0.4 is 0 Å². The van der Waals surface area contributed by atoms with Gasteiger partial charge in [-0.3, -0.25) is 0 Å². The molecule has 0 aromatic rings. The van der Waals surface area contributed by atoms with E-state index in [1.165, 1.54) is 0 Å². The molecular formula is C6H12O2Se. The van der Waals surface area contributed by atoms with E-state index in [-0.39, 0.29) is 21.6 Å². The molecule has 0 aromatic carbocycles. The molecule has 0 atom stereocenters. The molecule has 9 heavy (non-hydrogen) atoms. The fraction of sp³-hybridized carbons (Fsp3) is 0.833. The predicted molar refractivity (Wildman–Crippen MR) is 37.6 cm³/mol. The van der Waals surface area contributed by atoms with Crippen LogP contribution in [0.4, 0.5) is 0 Å². The average molecular weight is 195 g/mol. The topological polar surface area (TPSA) is 37.3 Å². The van der Waals surface area contributed by atoms with Crippen LogP contribution in [0.1, 0.15) is 19.3 Å². The van der Waals surface area contributed by atoms with Crippen molar-refractivity contribution in [3.63, 3.8) is 0 Å². The van der Waals surface area contributed by atoms with Crippen molar-refractivity contribution in [1.29, 1.82) is 0 Å². The summed E-state index contributed by atoms with van der Waals surface area (Å²) in [6.45, 7) is 0.212. The van der Waals surface area contributed by atoms with Crippen molar-refractivity contribution in [1.82, 2.24) is 0 Å². The molecule has 0 unspecified atom stereocenters. The molecule has 0 aliphatic heterocycles. The molecule has 0 aromatic heterocycles. The fourth-order valence-corrected chi connectivity index (χ4v) is 1.21. The number of hydrogen-bond donors (Lipinski definition) is 1. The Morgan fingerprint density at radius 1 is 1.56 bits per heavy atom. The van der Waals surface area contributed by atoms with E-state index in [0.29, 0.717) is 11.1 Å². The van der Waals surface area contributed by atoms with Gasteiger partial charge in [0.15, 0.2) is 0 Å². The van der Waals surface area contributed by atoms with Crippen LogP contribution in [0.15, 0.2) is 0 Å². The SMILES string of the molecule is C[Se]C(=O)CCCCO. The van der Waals surface area contributed by atoms with Crippen molar-refractivity contribution in [3.05, 3.63) is 0 Å². The first kappa shape index (κ1) is 9.15. The molecule has 0 spiro atoms. The van der Waals surface area contributed by atoms with E-state index >= 15 is 0 Å². The molecule has 54 valence electrons. The summed E-state index contributed by atoms with van der Waals surface area (Å²) >= 11 is 0.162. The van der Waals surface area contributed by atoms with Crippen LogP contribution in [-0.4, -0.2) is 31.4 Å². The van der Waals surface area contributed by atoms with Gasteiger partial charge in [-0.15, -0.1) is 0 Å². The molecule has 0 rings (SSSR count). The number of aliphatic hydroxyl groups is 1. The molecule has 2 nitrogen and oxygen atoms in total. The zero-order valence-electron chi connectivity index (χ0n) is 5.59. The van der Waals surface area contributed by atoms with Gasteiger partial charge in [0.25, 0.3) is 0 Å². The second-order valence-electron chi connectivity index (χ2n) is 1.76. The molecule has 0 saturated carbocycles. The quantitative estimate of drug-likeness (QED) is 0.510. The van der Waals surface area contributed by atoms with Gasteiger partial charge in [0.05, 0.1) is 0 Å². The molecular weight excluding hydrogens is 183 g/mol. The van der Waals surface area contributed by atoms with Crippen LogP contribution >= 0.6 is 0 Å². The Morgan fingerprint density at radius 3 is 2.67 bits per heavy atom. The van der Waals surface area contributed by atoms with Crippen molar-refractivity contribution in [2.24, 2.45) is 0 Å². The number of unbranched alkanes of at least 4 members (excludes halogenated alkanes) is 1. The Bertz CT molecular complexity index is 83.1. The number of carbonyl (C=O) groups excluding carboxylic acids is 1.